The van der Waals surface area contributed by atoms with Crippen molar-refractivity contribution in [2.75, 3.05) is 11.1 Å². The summed E-state index contributed by atoms with van der Waals surface area (Å²) < 4.78 is 1.92. The van der Waals surface area contributed by atoms with Crippen molar-refractivity contribution in [1.29, 1.82) is 0 Å². The molecule has 0 saturated heterocycles. The van der Waals surface area contributed by atoms with Gasteiger partial charge in [-0.1, -0.05) is 36.0 Å². The lowest BCUT2D eigenvalue weighted by Crippen LogP contribution is -2.16. The molecule has 0 aliphatic rings. The van der Waals surface area contributed by atoms with Gasteiger partial charge < -0.3 is 9.88 Å². The highest BCUT2D eigenvalue weighted by Crippen LogP contribution is 2.26. The van der Waals surface area contributed by atoms with E-state index in [4.69, 9.17) is 0 Å². The molecule has 5 nitrogen and oxygen atoms in total. The van der Waals surface area contributed by atoms with Gasteiger partial charge in [0.15, 0.2) is 11.0 Å². The van der Waals surface area contributed by atoms with Crippen LogP contribution in [-0.4, -0.2) is 26.4 Å². The molecule has 1 aromatic carbocycles. The normalized spacial score (nSPS) is 10.8. The van der Waals surface area contributed by atoms with E-state index in [1.165, 1.54) is 11.8 Å². The van der Waals surface area contributed by atoms with Crippen molar-refractivity contribution >= 4 is 34.7 Å². The summed E-state index contributed by atoms with van der Waals surface area (Å²) in [7, 11) is 1.92. The summed E-state index contributed by atoms with van der Waals surface area (Å²) in [6.45, 7) is 3.98. The summed E-state index contributed by atoms with van der Waals surface area (Å²) in [5.41, 5.74) is 3.01. The number of thiophene rings is 1. The Bertz CT molecular complexity index is 835. The number of hydrogen-bond acceptors (Lipinski definition) is 5. The van der Waals surface area contributed by atoms with Crippen LogP contribution >= 0.6 is 23.1 Å². The van der Waals surface area contributed by atoms with Gasteiger partial charge in [0.25, 0.3) is 0 Å². The number of amides is 1. The fourth-order valence-electron chi connectivity index (χ4n) is 2.38. The van der Waals surface area contributed by atoms with Crippen molar-refractivity contribution in [1.82, 2.24) is 14.8 Å². The fraction of sp³-hybridized carbons (Fsp3) is 0.235. The van der Waals surface area contributed by atoms with Gasteiger partial charge >= 0.3 is 0 Å². The molecule has 0 spiro atoms. The summed E-state index contributed by atoms with van der Waals surface area (Å²) >= 11 is 3.01. The predicted molar refractivity (Wildman–Crippen MR) is 99.6 cm³/mol. The molecular weight excluding hydrogens is 340 g/mol. The highest BCUT2D eigenvalue weighted by molar-refractivity contribution is 7.99. The summed E-state index contributed by atoms with van der Waals surface area (Å²) in [5.74, 6) is 1.07. The number of hydrogen-bond donors (Lipinski definition) is 1. The highest BCUT2D eigenvalue weighted by Gasteiger charge is 2.14. The Morgan fingerprint density at radius 2 is 1.96 bits per heavy atom. The van der Waals surface area contributed by atoms with E-state index < -0.39 is 0 Å². The molecule has 124 valence electrons. The fourth-order valence-corrected chi connectivity index (χ4v) is 3.83. The molecule has 2 heterocycles. The molecule has 3 aromatic rings. The second-order valence-electron chi connectivity index (χ2n) is 5.45. The van der Waals surface area contributed by atoms with Crippen LogP contribution < -0.4 is 5.32 Å². The lowest BCUT2D eigenvalue weighted by atomic mass is 10.1. The van der Waals surface area contributed by atoms with Crippen molar-refractivity contribution in [2.24, 2.45) is 7.05 Å². The van der Waals surface area contributed by atoms with Gasteiger partial charge in [-0.2, -0.15) is 0 Å². The van der Waals surface area contributed by atoms with Crippen LogP contribution in [-0.2, 0) is 11.8 Å². The van der Waals surface area contributed by atoms with E-state index in [0.29, 0.717) is 5.75 Å². The largest absolute Gasteiger partial charge is 0.325 e. The molecule has 0 fully saturated rings. The minimum Gasteiger partial charge on any atom is -0.325 e. The van der Waals surface area contributed by atoms with Crippen molar-refractivity contribution in [3.8, 4) is 10.7 Å². The Morgan fingerprint density at radius 3 is 2.62 bits per heavy atom. The van der Waals surface area contributed by atoms with Crippen molar-refractivity contribution in [2.45, 2.75) is 19.0 Å². The van der Waals surface area contributed by atoms with Crippen LogP contribution in [0.25, 0.3) is 10.7 Å². The minimum atomic E-state index is -0.0435. The van der Waals surface area contributed by atoms with Crippen LogP contribution in [0.5, 0.6) is 0 Å². The van der Waals surface area contributed by atoms with Gasteiger partial charge in [0.05, 0.1) is 10.6 Å². The van der Waals surface area contributed by atoms with E-state index in [-0.39, 0.29) is 5.91 Å². The highest BCUT2D eigenvalue weighted by atomic mass is 32.2. The van der Waals surface area contributed by atoms with Crippen LogP contribution in [0.3, 0.4) is 0 Å². The Morgan fingerprint density at radius 1 is 1.21 bits per heavy atom. The van der Waals surface area contributed by atoms with Crippen LogP contribution in [0, 0.1) is 13.8 Å². The lowest BCUT2D eigenvalue weighted by Gasteiger charge is -2.11. The first-order valence-electron chi connectivity index (χ1n) is 7.48. The number of carbonyl (C=O) groups is 1. The maximum absolute atomic E-state index is 12.2. The maximum Gasteiger partial charge on any atom is 0.234 e. The lowest BCUT2D eigenvalue weighted by molar-refractivity contribution is -0.113. The van der Waals surface area contributed by atoms with Crippen molar-refractivity contribution in [3.05, 3.63) is 46.8 Å². The quantitative estimate of drug-likeness (QED) is 0.703. The number of carbonyl (C=O) groups excluding carboxylic acids is 1. The first kappa shape index (κ1) is 16.7. The summed E-state index contributed by atoms with van der Waals surface area (Å²) in [5, 5.41) is 14.1. The first-order valence-corrected chi connectivity index (χ1v) is 9.35. The SMILES string of the molecule is Cc1cccc(C)c1NC(=O)CSc1nnc(-c2cccs2)n1C. The van der Waals surface area contributed by atoms with E-state index in [2.05, 4.69) is 15.5 Å². The average molecular weight is 358 g/mol. The van der Waals surface area contributed by atoms with Gasteiger partial charge in [-0.25, -0.2) is 0 Å². The van der Waals surface area contributed by atoms with E-state index >= 15 is 0 Å². The maximum atomic E-state index is 12.2. The molecule has 0 radical (unpaired) electrons. The second kappa shape index (κ2) is 7.19. The van der Waals surface area contributed by atoms with Gasteiger partial charge in [-0.15, -0.1) is 21.5 Å². The zero-order valence-electron chi connectivity index (χ0n) is 13.7. The summed E-state index contributed by atoms with van der Waals surface area (Å²) in [6.07, 6.45) is 0. The number of para-hydroxylation sites is 1. The van der Waals surface area contributed by atoms with Gasteiger partial charge in [-0.3, -0.25) is 4.79 Å². The van der Waals surface area contributed by atoms with E-state index in [1.807, 2.05) is 61.2 Å². The van der Waals surface area contributed by atoms with E-state index in [0.717, 1.165) is 32.7 Å². The van der Waals surface area contributed by atoms with Gasteiger partial charge in [0.1, 0.15) is 0 Å². The smallest absolute Gasteiger partial charge is 0.234 e. The molecule has 0 atom stereocenters. The molecular formula is C17H18N4OS2. The molecule has 2 aromatic heterocycles. The molecule has 1 N–H and O–H groups in total. The van der Waals surface area contributed by atoms with E-state index in [9.17, 15) is 4.79 Å². The number of anilines is 1. The molecule has 0 aliphatic heterocycles. The Labute approximate surface area is 149 Å². The van der Waals surface area contributed by atoms with Gasteiger partial charge in [0.2, 0.25) is 5.91 Å². The third-order valence-electron chi connectivity index (χ3n) is 3.65. The zero-order chi connectivity index (χ0) is 17.1. The molecule has 24 heavy (non-hydrogen) atoms. The Kier molecular flexibility index (Phi) is 5.01. The van der Waals surface area contributed by atoms with Crippen molar-refractivity contribution in [3.63, 3.8) is 0 Å². The molecule has 7 heteroatoms. The number of benzene rings is 1. The monoisotopic (exact) mass is 358 g/mol. The standard InChI is InChI=1S/C17H18N4OS2/c1-11-6-4-7-12(2)15(11)18-14(22)10-24-17-20-19-16(21(17)3)13-8-5-9-23-13/h4-9H,10H2,1-3H3,(H,18,22). The van der Waals surface area contributed by atoms with Crippen LogP contribution in [0.1, 0.15) is 11.1 Å². The number of thioether (sulfide) groups is 1. The molecule has 0 saturated carbocycles. The number of rotatable bonds is 5. The molecule has 3 rings (SSSR count). The third-order valence-corrected chi connectivity index (χ3v) is 5.54. The van der Waals surface area contributed by atoms with Crippen LogP contribution in [0.4, 0.5) is 5.69 Å². The van der Waals surface area contributed by atoms with Crippen LogP contribution in [0.2, 0.25) is 0 Å². The molecule has 0 unspecified atom stereocenters. The Balaban J connectivity index is 1.65. The number of nitrogens with one attached hydrogen (secondary N) is 1. The summed E-state index contributed by atoms with van der Waals surface area (Å²) in [6, 6.07) is 9.97. The number of aromatic nitrogens is 3. The van der Waals surface area contributed by atoms with Crippen LogP contribution in [0.15, 0.2) is 40.9 Å². The molecule has 1 amide bonds. The van der Waals surface area contributed by atoms with Crippen molar-refractivity contribution < 1.29 is 4.79 Å². The number of nitrogens with zero attached hydrogens (tertiary/aromatic N) is 3. The first-order chi connectivity index (χ1) is 11.6. The van der Waals surface area contributed by atoms with E-state index in [1.54, 1.807) is 11.3 Å². The van der Waals surface area contributed by atoms with Gasteiger partial charge in [0, 0.05) is 12.7 Å². The second-order valence-corrected chi connectivity index (χ2v) is 7.34. The predicted octanol–water partition coefficient (Wildman–Crippen LogP) is 3.89. The molecule has 0 aliphatic carbocycles. The minimum absolute atomic E-state index is 0.0435. The average Bonchev–Trinajstić information content (AvgIpc) is 3.19. The topological polar surface area (TPSA) is 59.8 Å². The van der Waals surface area contributed by atoms with Gasteiger partial charge in [-0.05, 0) is 36.4 Å². The third kappa shape index (κ3) is 3.52. The molecule has 0 bridgehead atoms. The number of aryl methyl sites for hydroxylation is 2. The zero-order valence-corrected chi connectivity index (χ0v) is 15.4. The summed E-state index contributed by atoms with van der Waals surface area (Å²) in [4.78, 5) is 13.3. The Hall–Kier alpha value is -2.12.